The molecular formula is C13H18ClN3O. The summed E-state index contributed by atoms with van der Waals surface area (Å²) in [6.07, 6.45) is 1.06. The van der Waals surface area contributed by atoms with Crippen molar-refractivity contribution >= 4 is 12.4 Å². The summed E-state index contributed by atoms with van der Waals surface area (Å²) in [6, 6.07) is 8.14. The van der Waals surface area contributed by atoms with Gasteiger partial charge in [0.05, 0.1) is 12.7 Å². The Morgan fingerprint density at radius 3 is 2.89 bits per heavy atom. The van der Waals surface area contributed by atoms with Crippen LogP contribution in [0.1, 0.15) is 17.5 Å². The maximum atomic E-state index is 8.90. The molecule has 18 heavy (non-hydrogen) atoms. The molecule has 1 aromatic rings. The number of hydrogen-bond donors (Lipinski definition) is 1. The topological polar surface area (TPSA) is 62.3 Å². The Hall–Kier alpha value is -1.28. The lowest BCUT2D eigenvalue weighted by atomic mass is 10.1. The number of benzene rings is 1. The molecule has 1 atom stereocenters. The molecule has 0 radical (unpaired) electrons. The van der Waals surface area contributed by atoms with Gasteiger partial charge in [0.25, 0.3) is 0 Å². The van der Waals surface area contributed by atoms with Gasteiger partial charge in [-0.1, -0.05) is 6.07 Å². The van der Waals surface area contributed by atoms with Crippen LogP contribution in [-0.2, 0) is 6.54 Å². The summed E-state index contributed by atoms with van der Waals surface area (Å²) in [6.45, 7) is 2.86. The van der Waals surface area contributed by atoms with Crippen molar-refractivity contribution in [2.24, 2.45) is 5.73 Å². The molecule has 1 fully saturated rings. The third-order valence-electron chi connectivity index (χ3n) is 3.10. The molecule has 0 saturated carbocycles. The van der Waals surface area contributed by atoms with E-state index in [1.54, 1.807) is 7.11 Å². The van der Waals surface area contributed by atoms with E-state index in [9.17, 15) is 0 Å². The molecule has 4 nitrogen and oxygen atoms in total. The molecule has 2 N–H and O–H groups in total. The zero-order valence-corrected chi connectivity index (χ0v) is 11.2. The van der Waals surface area contributed by atoms with Crippen LogP contribution in [0.25, 0.3) is 0 Å². The number of methoxy groups -OCH3 is 1. The molecule has 1 aliphatic rings. The van der Waals surface area contributed by atoms with Crippen molar-refractivity contribution in [1.29, 1.82) is 5.26 Å². The first kappa shape index (κ1) is 14.8. The van der Waals surface area contributed by atoms with Crippen molar-refractivity contribution in [3.63, 3.8) is 0 Å². The molecule has 5 heteroatoms. The fourth-order valence-corrected chi connectivity index (χ4v) is 2.19. The molecule has 1 aliphatic heterocycles. The average molecular weight is 268 g/mol. The summed E-state index contributed by atoms with van der Waals surface area (Å²) >= 11 is 0. The van der Waals surface area contributed by atoms with E-state index in [-0.39, 0.29) is 12.4 Å². The summed E-state index contributed by atoms with van der Waals surface area (Å²) in [7, 11) is 1.59. The van der Waals surface area contributed by atoms with Gasteiger partial charge < -0.3 is 10.5 Å². The predicted octanol–water partition coefficient (Wildman–Crippen LogP) is 1.52. The molecule has 1 saturated heterocycles. The van der Waals surface area contributed by atoms with Crippen molar-refractivity contribution in [1.82, 2.24) is 4.90 Å². The minimum absolute atomic E-state index is 0. The van der Waals surface area contributed by atoms with Crippen LogP contribution < -0.4 is 10.5 Å². The fraction of sp³-hybridized carbons (Fsp3) is 0.462. The number of likely N-dealkylation sites (tertiary alicyclic amines) is 1. The lowest BCUT2D eigenvalue weighted by molar-refractivity contribution is 0.326. The van der Waals surface area contributed by atoms with Crippen molar-refractivity contribution in [3.8, 4) is 11.8 Å². The Balaban J connectivity index is 0.00000162. The highest BCUT2D eigenvalue weighted by Crippen LogP contribution is 2.21. The molecule has 0 spiro atoms. The van der Waals surface area contributed by atoms with E-state index in [0.717, 1.165) is 31.6 Å². The SMILES string of the molecule is COc1cc(CN2CCC(N)C2)ccc1C#N.Cl. The van der Waals surface area contributed by atoms with E-state index >= 15 is 0 Å². The molecule has 98 valence electrons. The van der Waals surface area contributed by atoms with Crippen LogP contribution in [0.2, 0.25) is 0 Å². The molecule has 1 aromatic carbocycles. The Morgan fingerprint density at radius 1 is 1.56 bits per heavy atom. The van der Waals surface area contributed by atoms with Crippen LogP contribution in [0.5, 0.6) is 5.75 Å². The minimum Gasteiger partial charge on any atom is -0.495 e. The van der Waals surface area contributed by atoms with Gasteiger partial charge in [-0.15, -0.1) is 12.4 Å². The number of nitrogens with zero attached hydrogens (tertiary/aromatic N) is 2. The van der Waals surface area contributed by atoms with Crippen LogP contribution in [-0.4, -0.2) is 31.1 Å². The second kappa shape index (κ2) is 6.60. The average Bonchev–Trinajstić information content (AvgIpc) is 2.74. The maximum Gasteiger partial charge on any atom is 0.136 e. The van der Waals surface area contributed by atoms with E-state index in [1.165, 1.54) is 0 Å². The second-order valence-corrected chi connectivity index (χ2v) is 4.43. The highest BCUT2D eigenvalue weighted by molar-refractivity contribution is 5.85. The van der Waals surface area contributed by atoms with Gasteiger partial charge >= 0.3 is 0 Å². The number of ether oxygens (including phenoxy) is 1. The molecule has 0 amide bonds. The van der Waals surface area contributed by atoms with Gasteiger partial charge in [-0.3, -0.25) is 4.90 Å². The molecule has 2 rings (SSSR count). The van der Waals surface area contributed by atoms with E-state index in [4.69, 9.17) is 15.7 Å². The third-order valence-corrected chi connectivity index (χ3v) is 3.10. The Labute approximate surface area is 114 Å². The van der Waals surface area contributed by atoms with Crippen LogP contribution in [0.3, 0.4) is 0 Å². The summed E-state index contributed by atoms with van der Waals surface area (Å²) in [5.74, 6) is 0.647. The number of rotatable bonds is 3. The quantitative estimate of drug-likeness (QED) is 0.902. The van der Waals surface area contributed by atoms with Gasteiger partial charge in [0.15, 0.2) is 0 Å². The summed E-state index contributed by atoms with van der Waals surface area (Å²) in [5.41, 5.74) is 7.61. The first-order valence-electron chi connectivity index (χ1n) is 5.78. The van der Waals surface area contributed by atoms with E-state index < -0.39 is 0 Å². The molecule has 1 unspecified atom stereocenters. The Morgan fingerprint density at radius 2 is 2.33 bits per heavy atom. The second-order valence-electron chi connectivity index (χ2n) is 4.43. The van der Waals surface area contributed by atoms with E-state index in [1.807, 2.05) is 18.2 Å². The highest BCUT2D eigenvalue weighted by Gasteiger charge is 2.19. The van der Waals surface area contributed by atoms with Crippen LogP contribution in [0, 0.1) is 11.3 Å². The maximum absolute atomic E-state index is 8.90. The van der Waals surface area contributed by atoms with Gasteiger partial charge in [-0.2, -0.15) is 5.26 Å². The number of halogens is 1. The highest BCUT2D eigenvalue weighted by atomic mass is 35.5. The molecular weight excluding hydrogens is 250 g/mol. The predicted molar refractivity (Wildman–Crippen MR) is 72.8 cm³/mol. The number of nitrogens with two attached hydrogens (primary N) is 1. The summed E-state index contributed by atoms with van der Waals surface area (Å²) < 4.78 is 5.20. The van der Waals surface area contributed by atoms with Crippen molar-refractivity contribution in [2.45, 2.75) is 19.0 Å². The largest absolute Gasteiger partial charge is 0.495 e. The monoisotopic (exact) mass is 267 g/mol. The smallest absolute Gasteiger partial charge is 0.136 e. The van der Waals surface area contributed by atoms with Crippen molar-refractivity contribution in [2.75, 3.05) is 20.2 Å². The van der Waals surface area contributed by atoms with Crippen molar-refractivity contribution < 1.29 is 4.74 Å². The van der Waals surface area contributed by atoms with Gasteiger partial charge in [0.1, 0.15) is 11.8 Å². The third kappa shape index (κ3) is 3.36. The van der Waals surface area contributed by atoms with E-state index in [0.29, 0.717) is 17.4 Å². The molecule has 0 bridgehead atoms. The lowest BCUT2D eigenvalue weighted by Gasteiger charge is -2.15. The minimum atomic E-state index is 0. The van der Waals surface area contributed by atoms with Crippen molar-refractivity contribution in [3.05, 3.63) is 29.3 Å². The first-order valence-corrected chi connectivity index (χ1v) is 5.78. The van der Waals surface area contributed by atoms with Gasteiger partial charge in [-0.25, -0.2) is 0 Å². The van der Waals surface area contributed by atoms with E-state index in [2.05, 4.69) is 11.0 Å². The van der Waals surface area contributed by atoms with Gasteiger partial charge in [-0.05, 0) is 24.1 Å². The van der Waals surface area contributed by atoms with Gasteiger partial charge in [0, 0.05) is 25.7 Å². The first-order chi connectivity index (χ1) is 8.22. The Kier molecular flexibility index (Phi) is 5.42. The fourth-order valence-electron chi connectivity index (χ4n) is 2.19. The zero-order chi connectivity index (χ0) is 12.3. The van der Waals surface area contributed by atoms with Crippen LogP contribution >= 0.6 is 12.4 Å². The molecule has 0 aliphatic carbocycles. The summed E-state index contributed by atoms with van der Waals surface area (Å²) in [4.78, 5) is 2.32. The number of hydrogen-bond acceptors (Lipinski definition) is 4. The molecule has 0 aromatic heterocycles. The normalized spacial score (nSPS) is 19.1. The zero-order valence-electron chi connectivity index (χ0n) is 10.4. The van der Waals surface area contributed by atoms with Crippen LogP contribution in [0.4, 0.5) is 0 Å². The Bertz CT molecular complexity index is 444. The standard InChI is InChI=1S/C13H17N3O.ClH/c1-17-13-6-10(2-3-11(13)7-14)8-16-5-4-12(15)9-16;/h2-3,6,12H,4-5,8-9,15H2,1H3;1H. The van der Waals surface area contributed by atoms with Crippen LogP contribution in [0.15, 0.2) is 18.2 Å². The number of nitriles is 1. The molecule has 1 heterocycles. The lowest BCUT2D eigenvalue weighted by Crippen LogP contribution is -2.26. The van der Waals surface area contributed by atoms with Gasteiger partial charge in [0.2, 0.25) is 0 Å². The summed E-state index contributed by atoms with van der Waals surface area (Å²) in [5, 5.41) is 8.90.